The van der Waals surface area contributed by atoms with Crippen molar-refractivity contribution in [1.29, 1.82) is 0 Å². The number of hydrogen-bond donors (Lipinski definition) is 1. The van der Waals surface area contributed by atoms with Gasteiger partial charge in [0.2, 0.25) is 10.0 Å². The maximum Gasteiger partial charge on any atom is 0.274 e. The van der Waals surface area contributed by atoms with Crippen molar-refractivity contribution in [3.63, 3.8) is 0 Å². The van der Waals surface area contributed by atoms with Crippen LogP contribution in [-0.4, -0.2) is 54.9 Å². The fourth-order valence-electron chi connectivity index (χ4n) is 3.72. The number of nitrogens with zero attached hydrogens (tertiary/aromatic N) is 3. The molecule has 1 fully saturated rings. The van der Waals surface area contributed by atoms with Gasteiger partial charge in [0.1, 0.15) is 0 Å². The highest BCUT2D eigenvalue weighted by Gasteiger charge is 2.25. The molecule has 0 spiro atoms. The Kier molecular flexibility index (Phi) is 6.74. The summed E-state index contributed by atoms with van der Waals surface area (Å²) in [4.78, 5) is 14.5. The van der Waals surface area contributed by atoms with Crippen molar-refractivity contribution in [2.24, 2.45) is 13.0 Å². The van der Waals surface area contributed by atoms with Crippen LogP contribution in [0.1, 0.15) is 40.2 Å². The molecule has 0 bridgehead atoms. The highest BCUT2D eigenvalue weighted by molar-refractivity contribution is 7.88. The molecule has 29 heavy (non-hydrogen) atoms. The van der Waals surface area contributed by atoms with Crippen LogP contribution in [0.15, 0.2) is 30.3 Å². The molecule has 0 radical (unpaired) electrons. The van der Waals surface area contributed by atoms with Crippen LogP contribution in [0.4, 0.5) is 0 Å². The molecule has 0 atom stereocenters. The summed E-state index contributed by atoms with van der Waals surface area (Å²) >= 11 is 0. The molecule has 1 aliphatic heterocycles. The third-order valence-electron chi connectivity index (χ3n) is 5.56. The number of aryl methyl sites for hydroxylation is 2. The summed E-state index contributed by atoms with van der Waals surface area (Å²) in [6.45, 7) is 3.91. The van der Waals surface area contributed by atoms with E-state index in [0.29, 0.717) is 24.6 Å². The number of rotatable bonds is 7. The first-order chi connectivity index (χ1) is 13.7. The second-order valence-electron chi connectivity index (χ2n) is 7.97. The van der Waals surface area contributed by atoms with E-state index in [0.717, 1.165) is 43.6 Å². The number of amides is 1. The number of aromatic nitrogens is 2. The number of piperidine rings is 1. The van der Waals surface area contributed by atoms with Gasteiger partial charge in [0.05, 0.1) is 6.26 Å². The van der Waals surface area contributed by atoms with E-state index in [-0.39, 0.29) is 5.91 Å². The van der Waals surface area contributed by atoms with E-state index in [1.165, 1.54) is 11.8 Å². The molecule has 1 saturated heterocycles. The molecule has 2 aromatic rings. The predicted octanol–water partition coefficient (Wildman–Crippen LogP) is 1.92. The number of carbonyl (C=O) groups is 1. The quantitative estimate of drug-likeness (QED) is 0.745. The lowest BCUT2D eigenvalue weighted by atomic mass is 9.89. The van der Waals surface area contributed by atoms with Crippen molar-refractivity contribution in [2.75, 3.05) is 25.9 Å². The lowest BCUT2D eigenvalue weighted by Gasteiger charge is -2.31. The monoisotopic (exact) mass is 418 g/mol. The van der Waals surface area contributed by atoms with Crippen molar-refractivity contribution in [1.82, 2.24) is 19.4 Å². The summed E-state index contributed by atoms with van der Waals surface area (Å²) in [7, 11) is -1.28. The molecule has 8 heteroatoms. The van der Waals surface area contributed by atoms with E-state index in [4.69, 9.17) is 0 Å². The second-order valence-corrected chi connectivity index (χ2v) is 9.80. The lowest BCUT2D eigenvalue weighted by Crippen LogP contribution is -2.39. The van der Waals surface area contributed by atoms with Crippen molar-refractivity contribution in [2.45, 2.75) is 32.6 Å². The molecule has 1 aromatic carbocycles. The Morgan fingerprint density at radius 2 is 1.79 bits per heavy atom. The summed E-state index contributed by atoms with van der Waals surface area (Å²) in [5.41, 5.74) is 3.93. The standard InChI is InChI=1S/C21H30N4O3S/c1-16-14-20(23-24(16)2)21(26)25-12-9-19(10-13-25)15-18-6-4-17(5-7-18)8-11-22-29(3,27)28/h4-7,14,19,22H,8-13,15H2,1-3H3. The Balaban J connectivity index is 1.46. The van der Waals surface area contributed by atoms with E-state index in [9.17, 15) is 13.2 Å². The van der Waals surface area contributed by atoms with Crippen molar-refractivity contribution < 1.29 is 13.2 Å². The second kappa shape index (κ2) is 9.09. The molecule has 0 unspecified atom stereocenters. The number of likely N-dealkylation sites (tertiary alicyclic amines) is 1. The molecule has 1 aromatic heterocycles. The van der Waals surface area contributed by atoms with Crippen molar-refractivity contribution >= 4 is 15.9 Å². The van der Waals surface area contributed by atoms with E-state index in [1.54, 1.807) is 4.68 Å². The minimum atomic E-state index is -3.13. The molecular weight excluding hydrogens is 388 g/mol. The topological polar surface area (TPSA) is 84.3 Å². The van der Waals surface area contributed by atoms with Gasteiger partial charge in [-0.25, -0.2) is 13.1 Å². The summed E-state index contributed by atoms with van der Waals surface area (Å²) < 4.78 is 26.5. The molecule has 2 heterocycles. The highest BCUT2D eigenvalue weighted by atomic mass is 32.2. The largest absolute Gasteiger partial charge is 0.337 e. The Labute approximate surface area is 173 Å². The number of nitrogens with one attached hydrogen (secondary N) is 1. The zero-order valence-corrected chi connectivity index (χ0v) is 18.2. The zero-order chi connectivity index (χ0) is 21.0. The third kappa shape index (κ3) is 6.14. The van der Waals surface area contributed by atoms with Gasteiger partial charge in [0.15, 0.2) is 5.69 Å². The van der Waals surface area contributed by atoms with Crippen LogP contribution in [0.2, 0.25) is 0 Å². The van der Waals surface area contributed by atoms with Crippen LogP contribution < -0.4 is 4.72 Å². The molecule has 158 valence electrons. The Bertz CT molecular complexity index is 923. The molecule has 1 N–H and O–H groups in total. The van der Waals surface area contributed by atoms with Gasteiger partial charge in [-0.2, -0.15) is 5.10 Å². The average Bonchev–Trinajstić information content (AvgIpc) is 3.01. The van der Waals surface area contributed by atoms with Gasteiger partial charge in [-0.3, -0.25) is 9.48 Å². The maximum absolute atomic E-state index is 12.6. The molecule has 7 nitrogen and oxygen atoms in total. The van der Waals surface area contributed by atoms with E-state index < -0.39 is 10.0 Å². The summed E-state index contributed by atoms with van der Waals surface area (Å²) in [6.07, 6.45) is 4.86. The fourth-order valence-corrected chi connectivity index (χ4v) is 4.20. The van der Waals surface area contributed by atoms with Gasteiger partial charge < -0.3 is 4.90 Å². The fraction of sp³-hybridized carbons (Fsp3) is 0.524. The molecule has 3 rings (SSSR count). The first-order valence-electron chi connectivity index (χ1n) is 10.0. The normalized spacial score (nSPS) is 15.6. The number of carbonyl (C=O) groups excluding carboxylic acids is 1. The third-order valence-corrected chi connectivity index (χ3v) is 6.29. The SMILES string of the molecule is Cc1cc(C(=O)N2CCC(Cc3ccc(CCNS(C)(=O)=O)cc3)CC2)nn1C. The van der Waals surface area contributed by atoms with Gasteiger partial charge in [-0.1, -0.05) is 24.3 Å². The maximum atomic E-state index is 12.6. The van der Waals surface area contributed by atoms with Crippen LogP contribution >= 0.6 is 0 Å². The van der Waals surface area contributed by atoms with E-state index in [1.807, 2.05) is 24.9 Å². The number of sulfonamides is 1. The van der Waals surface area contributed by atoms with Crippen LogP contribution in [0.3, 0.4) is 0 Å². The van der Waals surface area contributed by atoms with E-state index in [2.05, 4.69) is 34.1 Å². The Hall–Kier alpha value is -2.19. The van der Waals surface area contributed by atoms with E-state index >= 15 is 0 Å². The molecule has 0 saturated carbocycles. The first-order valence-corrected chi connectivity index (χ1v) is 11.9. The van der Waals surface area contributed by atoms with Gasteiger partial charge in [0, 0.05) is 32.4 Å². The molecule has 1 aliphatic rings. The number of hydrogen-bond acceptors (Lipinski definition) is 4. The lowest BCUT2D eigenvalue weighted by molar-refractivity contribution is 0.0684. The summed E-state index contributed by atoms with van der Waals surface area (Å²) in [5, 5.41) is 4.30. The molecule has 0 aliphatic carbocycles. The minimum Gasteiger partial charge on any atom is -0.337 e. The minimum absolute atomic E-state index is 0.0270. The Morgan fingerprint density at radius 3 is 2.34 bits per heavy atom. The van der Waals surface area contributed by atoms with Crippen LogP contribution in [0, 0.1) is 12.8 Å². The van der Waals surface area contributed by atoms with Crippen molar-refractivity contribution in [3.8, 4) is 0 Å². The van der Waals surface area contributed by atoms with Gasteiger partial charge in [-0.15, -0.1) is 0 Å². The highest BCUT2D eigenvalue weighted by Crippen LogP contribution is 2.23. The van der Waals surface area contributed by atoms with Gasteiger partial charge >= 0.3 is 0 Å². The van der Waals surface area contributed by atoms with Gasteiger partial charge in [0.25, 0.3) is 5.91 Å². The van der Waals surface area contributed by atoms with Crippen LogP contribution in [0.5, 0.6) is 0 Å². The average molecular weight is 419 g/mol. The number of benzene rings is 1. The predicted molar refractivity (Wildman–Crippen MR) is 113 cm³/mol. The van der Waals surface area contributed by atoms with Crippen molar-refractivity contribution in [3.05, 3.63) is 52.8 Å². The molecule has 1 amide bonds. The van der Waals surface area contributed by atoms with Crippen LogP contribution in [0.25, 0.3) is 0 Å². The van der Waals surface area contributed by atoms with Gasteiger partial charge in [-0.05, 0) is 55.7 Å². The molecular formula is C21H30N4O3S. The summed E-state index contributed by atoms with van der Waals surface area (Å²) in [6, 6.07) is 10.2. The first kappa shape index (κ1) is 21.5. The zero-order valence-electron chi connectivity index (χ0n) is 17.4. The summed E-state index contributed by atoms with van der Waals surface area (Å²) in [5.74, 6) is 0.599. The van der Waals surface area contributed by atoms with Crippen LogP contribution in [-0.2, 0) is 29.9 Å². The Morgan fingerprint density at radius 1 is 1.17 bits per heavy atom. The smallest absolute Gasteiger partial charge is 0.274 e.